The van der Waals surface area contributed by atoms with Gasteiger partial charge in [-0.25, -0.2) is 18.1 Å². The van der Waals surface area contributed by atoms with Crippen LogP contribution in [0.2, 0.25) is 0 Å². The number of hydrogen-bond donors (Lipinski definition) is 3. The first-order valence-corrected chi connectivity index (χ1v) is 8.73. The molecular formula is C15H18N6O2S. The number of hydrogen-bond acceptors (Lipinski definition) is 7. The van der Waals surface area contributed by atoms with Crippen LogP contribution in [0.3, 0.4) is 0 Å². The Balaban J connectivity index is 1.79. The molecule has 1 aromatic heterocycles. The van der Waals surface area contributed by atoms with Crippen LogP contribution in [0, 0.1) is 18.3 Å². The lowest BCUT2D eigenvalue weighted by Gasteiger charge is -2.08. The number of nitriles is 1. The van der Waals surface area contributed by atoms with Crippen LogP contribution < -0.4 is 15.8 Å². The van der Waals surface area contributed by atoms with E-state index in [1.807, 2.05) is 13.0 Å². The van der Waals surface area contributed by atoms with Crippen molar-refractivity contribution in [1.29, 1.82) is 5.26 Å². The standard InChI is InChI=1S/C15H18N6O2S/c1-11-3-5-13(6-4-11)24(22,23)20-8-2-7-18-15-19-10-12(9-16)14(17)21-15/h3-6,10,20H,2,7-8H2,1H3,(H3,17,18,19,21). The third-order valence-electron chi connectivity index (χ3n) is 3.20. The van der Waals surface area contributed by atoms with E-state index in [2.05, 4.69) is 20.0 Å². The number of sulfonamides is 1. The Morgan fingerprint density at radius 1 is 1.25 bits per heavy atom. The molecule has 1 heterocycles. The lowest BCUT2D eigenvalue weighted by molar-refractivity contribution is 0.580. The quantitative estimate of drug-likeness (QED) is 0.637. The number of nitrogens with two attached hydrogens (primary N) is 1. The zero-order valence-electron chi connectivity index (χ0n) is 13.2. The second-order valence-corrected chi connectivity index (χ2v) is 6.86. The molecule has 24 heavy (non-hydrogen) atoms. The second kappa shape index (κ2) is 7.72. The van der Waals surface area contributed by atoms with Crippen LogP contribution >= 0.6 is 0 Å². The Kier molecular flexibility index (Phi) is 5.68. The van der Waals surface area contributed by atoms with E-state index in [1.165, 1.54) is 6.20 Å². The van der Waals surface area contributed by atoms with Crippen molar-refractivity contribution in [1.82, 2.24) is 14.7 Å². The fourth-order valence-electron chi connectivity index (χ4n) is 1.86. The Bertz CT molecular complexity index is 843. The van der Waals surface area contributed by atoms with Crippen molar-refractivity contribution in [3.8, 4) is 6.07 Å². The average molecular weight is 346 g/mol. The topological polar surface area (TPSA) is 134 Å². The van der Waals surface area contributed by atoms with Gasteiger partial charge in [0.15, 0.2) is 0 Å². The number of rotatable bonds is 7. The Morgan fingerprint density at radius 2 is 1.96 bits per heavy atom. The summed E-state index contributed by atoms with van der Waals surface area (Å²) in [5.74, 6) is 0.406. The maximum Gasteiger partial charge on any atom is 0.240 e. The summed E-state index contributed by atoms with van der Waals surface area (Å²) < 4.78 is 26.7. The van der Waals surface area contributed by atoms with E-state index in [1.54, 1.807) is 24.3 Å². The van der Waals surface area contributed by atoms with Gasteiger partial charge < -0.3 is 11.1 Å². The minimum absolute atomic E-state index is 0.107. The first kappa shape index (κ1) is 17.7. The number of aromatic nitrogens is 2. The van der Waals surface area contributed by atoms with Crippen molar-refractivity contribution in [2.24, 2.45) is 0 Å². The molecule has 8 nitrogen and oxygen atoms in total. The van der Waals surface area contributed by atoms with Gasteiger partial charge in [-0.1, -0.05) is 17.7 Å². The van der Waals surface area contributed by atoms with Crippen molar-refractivity contribution in [3.05, 3.63) is 41.6 Å². The van der Waals surface area contributed by atoms with Crippen molar-refractivity contribution < 1.29 is 8.42 Å². The molecule has 126 valence electrons. The first-order valence-electron chi connectivity index (χ1n) is 7.25. The van der Waals surface area contributed by atoms with Crippen LogP contribution in [-0.2, 0) is 10.0 Å². The van der Waals surface area contributed by atoms with Crippen LogP contribution in [0.4, 0.5) is 11.8 Å². The fraction of sp³-hybridized carbons (Fsp3) is 0.267. The number of nitrogens with zero attached hydrogens (tertiary/aromatic N) is 3. The third-order valence-corrected chi connectivity index (χ3v) is 4.68. The van der Waals surface area contributed by atoms with Crippen molar-refractivity contribution in [2.45, 2.75) is 18.2 Å². The van der Waals surface area contributed by atoms with E-state index in [9.17, 15) is 8.42 Å². The van der Waals surface area contributed by atoms with Gasteiger partial charge in [0.1, 0.15) is 17.5 Å². The molecular weight excluding hydrogens is 328 g/mol. The molecule has 1 aromatic carbocycles. The molecule has 0 aliphatic heterocycles. The molecule has 0 spiro atoms. The molecule has 0 atom stereocenters. The van der Waals surface area contributed by atoms with Crippen LogP contribution in [-0.4, -0.2) is 31.5 Å². The van der Waals surface area contributed by atoms with Gasteiger partial charge in [-0.05, 0) is 25.5 Å². The molecule has 0 saturated carbocycles. The molecule has 0 radical (unpaired) electrons. The molecule has 2 rings (SSSR count). The lowest BCUT2D eigenvalue weighted by atomic mass is 10.2. The summed E-state index contributed by atoms with van der Waals surface area (Å²) in [5.41, 5.74) is 6.80. The zero-order chi connectivity index (χ0) is 17.6. The van der Waals surface area contributed by atoms with E-state index < -0.39 is 10.0 Å². The van der Waals surface area contributed by atoms with Gasteiger partial charge in [-0.3, -0.25) is 0 Å². The summed E-state index contributed by atoms with van der Waals surface area (Å²) in [7, 11) is -3.50. The van der Waals surface area contributed by atoms with Gasteiger partial charge >= 0.3 is 0 Å². The first-order chi connectivity index (χ1) is 11.4. The highest BCUT2D eigenvalue weighted by molar-refractivity contribution is 7.89. The summed E-state index contributed by atoms with van der Waals surface area (Å²) in [4.78, 5) is 8.13. The number of benzene rings is 1. The largest absolute Gasteiger partial charge is 0.382 e. The minimum atomic E-state index is -3.50. The van der Waals surface area contributed by atoms with Gasteiger partial charge in [0.2, 0.25) is 16.0 Å². The van der Waals surface area contributed by atoms with Crippen molar-refractivity contribution >= 4 is 21.8 Å². The van der Waals surface area contributed by atoms with Crippen LogP contribution in [0.1, 0.15) is 17.5 Å². The smallest absolute Gasteiger partial charge is 0.240 e. The van der Waals surface area contributed by atoms with E-state index in [4.69, 9.17) is 11.0 Å². The minimum Gasteiger partial charge on any atom is -0.382 e. The number of anilines is 2. The molecule has 0 saturated heterocycles. The monoisotopic (exact) mass is 346 g/mol. The maximum atomic E-state index is 12.1. The third kappa shape index (κ3) is 4.65. The molecule has 0 unspecified atom stereocenters. The predicted molar refractivity (Wildman–Crippen MR) is 90.6 cm³/mol. The average Bonchev–Trinajstić information content (AvgIpc) is 2.55. The molecule has 0 aliphatic rings. The normalized spacial score (nSPS) is 11.0. The summed E-state index contributed by atoms with van der Waals surface area (Å²) in [6, 6.07) is 8.53. The van der Waals surface area contributed by atoms with Gasteiger partial charge in [0.05, 0.1) is 11.1 Å². The molecule has 0 aliphatic carbocycles. The van der Waals surface area contributed by atoms with Gasteiger partial charge in [0.25, 0.3) is 0 Å². The van der Waals surface area contributed by atoms with Gasteiger partial charge in [-0.2, -0.15) is 10.2 Å². The van der Waals surface area contributed by atoms with E-state index in [-0.39, 0.29) is 22.8 Å². The van der Waals surface area contributed by atoms with E-state index in [0.29, 0.717) is 18.9 Å². The zero-order valence-corrected chi connectivity index (χ0v) is 14.0. The lowest BCUT2D eigenvalue weighted by Crippen LogP contribution is -2.26. The highest BCUT2D eigenvalue weighted by atomic mass is 32.2. The van der Waals surface area contributed by atoms with E-state index in [0.717, 1.165) is 5.56 Å². The highest BCUT2D eigenvalue weighted by Crippen LogP contribution is 2.10. The Morgan fingerprint density at radius 3 is 2.58 bits per heavy atom. The molecule has 9 heteroatoms. The van der Waals surface area contributed by atoms with E-state index >= 15 is 0 Å². The molecule has 0 bridgehead atoms. The summed E-state index contributed by atoms with van der Waals surface area (Å²) in [6.45, 7) is 2.63. The maximum absolute atomic E-state index is 12.1. The summed E-state index contributed by atoms with van der Waals surface area (Å²) >= 11 is 0. The fourth-order valence-corrected chi connectivity index (χ4v) is 2.94. The predicted octanol–water partition coefficient (Wildman–Crippen LogP) is 1.02. The second-order valence-electron chi connectivity index (χ2n) is 5.10. The van der Waals surface area contributed by atoms with Gasteiger partial charge in [0, 0.05) is 13.1 Å². The molecule has 4 N–H and O–H groups in total. The summed E-state index contributed by atoms with van der Waals surface area (Å²) in [5, 5.41) is 11.7. The SMILES string of the molecule is Cc1ccc(S(=O)(=O)NCCCNc2ncc(C#N)c(N)n2)cc1. The Labute approximate surface area is 140 Å². The van der Waals surface area contributed by atoms with Crippen LogP contribution in [0.25, 0.3) is 0 Å². The number of nitrogen functional groups attached to an aromatic ring is 1. The highest BCUT2D eigenvalue weighted by Gasteiger charge is 2.12. The van der Waals surface area contributed by atoms with Crippen molar-refractivity contribution in [3.63, 3.8) is 0 Å². The van der Waals surface area contributed by atoms with Gasteiger partial charge in [-0.15, -0.1) is 0 Å². The summed E-state index contributed by atoms with van der Waals surface area (Å²) in [6.07, 6.45) is 1.87. The molecule has 0 fully saturated rings. The Hall–Kier alpha value is -2.70. The van der Waals surface area contributed by atoms with Crippen molar-refractivity contribution in [2.75, 3.05) is 24.1 Å². The number of aryl methyl sites for hydroxylation is 1. The molecule has 0 amide bonds. The van der Waals surface area contributed by atoms with Crippen LogP contribution in [0.5, 0.6) is 0 Å². The number of nitrogens with one attached hydrogen (secondary N) is 2. The van der Waals surface area contributed by atoms with Crippen LogP contribution in [0.15, 0.2) is 35.4 Å². The molecule has 2 aromatic rings.